The maximum atomic E-state index is 5.77. The SMILES string of the molecule is Cc1ccc(C)c(Oc2ccnc(N)n2)c1C. The van der Waals surface area contributed by atoms with Gasteiger partial charge in [-0.25, -0.2) is 4.98 Å². The Labute approximate surface area is 100 Å². The molecular weight excluding hydrogens is 214 g/mol. The van der Waals surface area contributed by atoms with Gasteiger partial charge in [-0.05, 0) is 37.5 Å². The van der Waals surface area contributed by atoms with E-state index in [2.05, 4.69) is 23.0 Å². The van der Waals surface area contributed by atoms with E-state index >= 15 is 0 Å². The summed E-state index contributed by atoms with van der Waals surface area (Å²) in [6.45, 7) is 6.09. The maximum Gasteiger partial charge on any atom is 0.224 e. The van der Waals surface area contributed by atoms with Gasteiger partial charge < -0.3 is 10.5 Å². The molecular formula is C13H15N3O. The number of nitrogens with zero attached hydrogens (tertiary/aromatic N) is 2. The molecule has 1 heterocycles. The highest BCUT2D eigenvalue weighted by Gasteiger charge is 2.08. The number of benzene rings is 1. The summed E-state index contributed by atoms with van der Waals surface area (Å²) in [5.74, 6) is 1.52. The topological polar surface area (TPSA) is 61.0 Å². The van der Waals surface area contributed by atoms with E-state index in [4.69, 9.17) is 10.5 Å². The van der Waals surface area contributed by atoms with Gasteiger partial charge in [0.05, 0.1) is 0 Å². The van der Waals surface area contributed by atoms with Crippen molar-refractivity contribution in [3.8, 4) is 11.6 Å². The number of rotatable bonds is 2. The number of aryl methyl sites for hydroxylation is 2. The van der Waals surface area contributed by atoms with Crippen LogP contribution >= 0.6 is 0 Å². The number of nitrogens with two attached hydrogens (primary N) is 1. The molecule has 0 radical (unpaired) electrons. The molecule has 0 spiro atoms. The second-order valence-corrected chi connectivity index (χ2v) is 4.01. The Morgan fingerprint density at radius 3 is 2.47 bits per heavy atom. The van der Waals surface area contributed by atoms with Crippen molar-refractivity contribution in [2.75, 3.05) is 5.73 Å². The van der Waals surface area contributed by atoms with Gasteiger partial charge >= 0.3 is 0 Å². The molecule has 0 unspecified atom stereocenters. The van der Waals surface area contributed by atoms with E-state index in [9.17, 15) is 0 Å². The van der Waals surface area contributed by atoms with Gasteiger partial charge in [-0.3, -0.25) is 0 Å². The molecule has 88 valence electrons. The van der Waals surface area contributed by atoms with E-state index in [-0.39, 0.29) is 5.95 Å². The van der Waals surface area contributed by atoms with E-state index in [1.54, 1.807) is 12.3 Å². The highest BCUT2D eigenvalue weighted by atomic mass is 16.5. The average Bonchev–Trinajstić information content (AvgIpc) is 2.30. The van der Waals surface area contributed by atoms with Crippen molar-refractivity contribution in [3.63, 3.8) is 0 Å². The Morgan fingerprint density at radius 1 is 1.06 bits per heavy atom. The van der Waals surface area contributed by atoms with Gasteiger partial charge in [0, 0.05) is 12.3 Å². The Balaban J connectivity index is 2.39. The quantitative estimate of drug-likeness (QED) is 0.860. The summed E-state index contributed by atoms with van der Waals surface area (Å²) in [7, 11) is 0. The Hall–Kier alpha value is -2.10. The minimum absolute atomic E-state index is 0.213. The standard InChI is InChI=1S/C13H15N3O/c1-8-4-5-9(2)12(10(8)3)17-11-6-7-15-13(14)16-11/h4-7H,1-3H3,(H2,14,15,16). The van der Waals surface area contributed by atoms with Crippen molar-refractivity contribution in [2.45, 2.75) is 20.8 Å². The van der Waals surface area contributed by atoms with E-state index in [0.717, 1.165) is 16.9 Å². The zero-order chi connectivity index (χ0) is 12.4. The highest BCUT2D eigenvalue weighted by Crippen LogP contribution is 2.29. The predicted octanol–water partition coefficient (Wildman–Crippen LogP) is 2.78. The van der Waals surface area contributed by atoms with Crippen LogP contribution in [0.15, 0.2) is 24.4 Å². The second kappa shape index (κ2) is 4.41. The zero-order valence-corrected chi connectivity index (χ0v) is 10.2. The summed E-state index contributed by atoms with van der Waals surface area (Å²) in [5.41, 5.74) is 8.89. The van der Waals surface area contributed by atoms with Crippen molar-refractivity contribution < 1.29 is 4.74 Å². The third-order valence-corrected chi connectivity index (χ3v) is 2.73. The number of nitrogen functional groups attached to an aromatic ring is 1. The van der Waals surface area contributed by atoms with E-state index in [0.29, 0.717) is 5.88 Å². The Bertz CT molecular complexity index is 552. The first kappa shape index (κ1) is 11.4. The second-order valence-electron chi connectivity index (χ2n) is 4.01. The smallest absolute Gasteiger partial charge is 0.224 e. The molecule has 17 heavy (non-hydrogen) atoms. The van der Waals surface area contributed by atoms with E-state index in [1.807, 2.05) is 19.9 Å². The molecule has 0 amide bonds. The average molecular weight is 229 g/mol. The van der Waals surface area contributed by atoms with Crippen molar-refractivity contribution in [3.05, 3.63) is 41.1 Å². The molecule has 0 atom stereocenters. The number of ether oxygens (including phenoxy) is 1. The van der Waals surface area contributed by atoms with Crippen molar-refractivity contribution in [1.29, 1.82) is 0 Å². The Morgan fingerprint density at radius 2 is 1.76 bits per heavy atom. The van der Waals surface area contributed by atoms with Crippen molar-refractivity contribution in [2.24, 2.45) is 0 Å². The lowest BCUT2D eigenvalue weighted by Gasteiger charge is -2.12. The number of anilines is 1. The lowest BCUT2D eigenvalue weighted by molar-refractivity contribution is 0.455. The lowest BCUT2D eigenvalue weighted by Crippen LogP contribution is -1.98. The third kappa shape index (κ3) is 2.36. The zero-order valence-electron chi connectivity index (χ0n) is 10.2. The van der Waals surface area contributed by atoms with Crippen LogP contribution in [0, 0.1) is 20.8 Å². The van der Waals surface area contributed by atoms with E-state index < -0.39 is 0 Å². The molecule has 1 aromatic heterocycles. The first-order chi connectivity index (χ1) is 8.08. The number of aromatic nitrogens is 2. The summed E-state index contributed by atoms with van der Waals surface area (Å²) in [6.07, 6.45) is 1.58. The molecule has 0 fully saturated rings. The normalized spacial score (nSPS) is 10.3. The maximum absolute atomic E-state index is 5.77. The minimum Gasteiger partial charge on any atom is -0.438 e. The van der Waals surface area contributed by atoms with Gasteiger partial charge in [0.15, 0.2) is 0 Å². The minimum atomic E-state index is 0.213. The molecule has 0 aliphatic rings. The number of hydrogen-bond donors (Lipinski definition) is 1. The predicted molar refractivity (Wildman–Crippen MR) is 67.2 cm³/mol. The van der Waals surface area contributed by atoms with Crippen LogP contribution in [0.25, 0.3) is 0 Å². The molecule has 0 aliphatic heterocycles. The molecule has 4 nitrogen and oxygen atoms in total. The summed E-state index contributed by atoms with van der Waals surface area (Å²) < 4.78 is 5.77. The van der Waals surface area contributed by atoms with Gasteiger partial charge in [-0.2, -0.15) is 4.98 Å². The molecule has 0 saturated heterocycles. The first-order valence-corrected chi connectivity index (χ1v) is 5.41. The number of hydrogen-bond acceptors (Lipinski definition) is 4. The fraction of sp³-hybridized carbons (Fsp3) is 0.231. The molecule has 1 aromatic carbocycles. The monoisotopic (exact) mass is 229 g/mol. The molecule has 0 saturated carbocycles. The van der Waals surface area contributed by atoms with Crippen LogP contribution in [0.5, 0.6) is 11.6 Å². The molecule has 4 heteroatoms. The first-order valence-electron chi connectivity index (χ1n) is 5.41. The summed E-state index contributed by atoms with van der Waals surface area (Å²) in [4.78, 5) is 7.86. The molecule has 2 N–H and O–H groups in total. The molecule has 0 aliphatic carbocycles. The van der Waals surface area contributed by atoms with Crippen LogP contribution in [0.1, 0.15) is 16.7 Å². The molecule has 2 aromatic rings. The van der Waals surface area contributed by atoms with Gasteiger partial charge in [-0.1, -0.05) is 12.1 Å². The molecule has 0 bridgehead atoms. The molecule has 2 rings (SSSR count). The van der Waals surface area contributed by atoms with Crippen LogP contribution in [-0.4, -0.2) is 9.97 Å². The van der Waals surface area contributed by atoms with Crippen LogP contribution < -0.4 is 10.5 Å². The van der Waals surface area contributed by atoms with Gasteiger partial charge in [0.25, 0.3) is 0 Å². The summed E-state index contributed by atoms with van der Waals surface area (Å²) in [5, 5.41) is 0. The fourth-order valence-electron chi connectivity index (χ4n) is 1.60. The lowest BCUT2D eigenvalue weighted by atomic mass is 10.1. The van der Waals surface area contributed by atoms with Crippen LogP contribution in [0.3, 0.4) is 0 Å². The van der Waals surface area contributed by atoms with Crippen molar-refractivity contribution >= 4 is 5.95 Å². The third-order valence-electron chi connectivity index (χ3n) is 2.73. The van der Waals surface area contributed by atoms with E-state index in [1.165, 1.54) is 5.56 Å². The van der Waals surface area contributed by atoms with Gasteiger partial charge in [0.1, 0.15) is 5.75 Å². The summed E-state index contributed by atoms with van der Waals surface area (Å²) >= 11 is 0. The fourth-order valence-corrected chi connectivity index (χ4v) is 1.60. The van der Waals surface area contributed by atoms with Gasteiger partial charge in [0.2, 0.25) is 11.8 Å². The largest absolute Gasteiger partial charge is 0.438 e. The van der Waals surface area contributed by atoms with Crippen LogP contribution in [0.4, 0.5) is 5.95 Å². The highest BCUT2D eigenvalue weighted by molar-refractivity contribution is 5.46. The van der Waals surface area contributed by atoms with Gasteiger partial charge in [-0.15, -0.1) is 0 Å². The Kier molecular flexibility index (Phi) is 2.95. The summed E-state index contributed by atoms with van der Waals surface area (Å²) in [6, 6.07) is 5.80. The van der Waals surface area contributed by atoms with Crippen LogP contribution in [0.2, 0.25) is 0 Å². The van der Waals surface area contributed by atoms with Crippen molar-refractivity contribution in [1.82, 2.24) is 9.97 Å². The van der Waals surface area contributed by atoms with Crippen LogP contribution in [-0.2, 0) is 0 Å².